The second-order valence-corrected chi connectivity index (χ2v) is 8.31. The summed E-state index contributed by atoms with van der Waals surface area (Å²) in [5.74, 6) is 1.51. The minimum Gasteiger partial charge on any atom is -0.329 e. The number of fused-ring (bicyclic) bond motifs is 1. The molecule has 2 aromatic rings. The van der Waals surface area contributed by atoms with Crippen molar-refractivity contribution < 1.29 is 8.42 Å². The van der Waals surface area contributed by atoms with Crippen molar-refractivity contribution in [1.82, 2.24) is 9.55 Å². The van der Waals surface area contributed by atoms with E-state index in [1.54, 1.807) is 23.9 Å². The Hall–Kier alpha value is -0.790. The van der Waals surface area contributed by atoms with Crippen molar-refractivity contribution in [1.29, 1.82) is 0 Å². The molecule has 1 aromatic heterocycles. The minimum absolute atomic E-state index is 0.303. The Morgan fingerprint density at radius 2 is 2.15 bits per heavy atom. The van der Waals surface area contributed by atoms with Gasteiger partial charge in [-0.1, -0.05) is 13.0 Å². The van der Waals surface area contributed by atoms with Gasteiger partial charge >= 0.3 is 0 Å². The third-order valence-corrected chi connectivity index (χ3v) is 5.48. The second kappa shape index (κ2) is 5.91. The number of sulfone groups is 1. The van der Waals surface area contributed by atoms with E-state index in [0.717, 1.165) is 17.8 Å². The van der Waals surface area contributed by atoms with Gasteiger partial charge in [0, 0.05) is 12.8 Å². The summed E-state index contributed by atoms with van der Waals surface area (Å²) >= 11 is 7.14. The van der Waals surface area contributed by atoms with Gasteiger partial charge in [0.1, 0.15) is 0 Å². The molecule has 0 radical (unpaired) electrons. The number of aromatic amines is 1. The maximum absolute atomic E-state index is 11.8. The van der Waals surface area contributed by atoms with Crippen molar-refractivity contribution in [2.24, 2.45) is 5.92 Å². The van der Waals surface area contributed by atoms with Crippen molar-refractivity contribution in [3.8, 4) is 0 Å². The molecule has 0 fully saturated rings. The van der Waals surface area contributed by atoms with E-state index in [1.807, 2.05) is 10.6 Å². The molecule has 1 heterocycles. The highest BCUT2D eigenvalue weighted by molar-refractivity contribution is 7.98. The Kier molecular flexibility index (Phi) is 4.61. The lowest BCUT2D eigenvalue weighted by atomic mass is 10.2. The lowest BCUT2D eigenvalue weighted by molar-refractivity contribution is 0.537. The molecule has 0 aliphatic rings. The van der Waals surface area contributed by atoms with Crippen molar-refractivity contribution in [2.75, 3.05) is 18.3 Å². The number of hydrogen-bond donors (Lipinski definition) is 1. The highest BCUT2D eigenvalue weighted by Crippen LogP contribution is 2.23. The van der Waals surface area contributed by atoms with E-state index in [4.69, 9.17) is 12.2 Å². The molecule has 20 heavy (non-hydrogen) atoms. The predicted octanol–water partition coefficient (Wildman–Crippen LogP) is 3.10. The smallest absolute Gasteiger partial charge is 0.178 e. The first-order chi connectivity index (χ1) is 9.34. The summed E-state index contributed by atoms with van der Waals surface area (Å²) in [4.78, 5) is 3.34. The number of para-hydroxylation sites is 1. The van der Waals surface area contributed by atoms with Gasteiger partial charge in [0.15, 0.2) is 14.6 Å². The fraction of sp³-hybridized carbons (Fsp3) is 0.462. The average molecular weight is 331 g/mol. The Labute approximate surface area is 128 Å². The summed E-state index contributed by atoms with van der Waals surface area (Å²) in [6, 6.07) is 5.28. The molecule has 2 rings (SSSR count). The van der Waals surface area contributed by atoms with Gasteiger partial charge in [-0.15, -0.1) is 0 Å². The fourth-order valence-electron chi connectivity index (χ4n) is 2.29. The van der Waals surface area contributed by atoms with Crippen molar-refractivity contribution >= 4 is 44.9 Å². The third-order valence-electron chi connectivity index (χ3n) is 3.12. The number of benzene rings is 1. The first-order valence-electron chi connectivity index (χ1n) is 6.25. The quantitative estimate of drug-likeness (QED) is 0.856. The molecule has 1 N–H and O–H groups in total. The van der Waals surface area contributed by atoms with Crippen molar-refractivity contribution in [2.45, 2.75) is 18.4 Å². The van der Waals surface area contributed by atoms with Gasteiger partial charge in [0.05, 0.1) is 15.9 Å². The summed E-state index contributed by atoms with van der Waals surface area (Å²) < 4.78 is 26.2. The van der Waals surface area contributed by atoms with Crippen molar-refractivity contribution in [3.63, 3.8) is 0 Å². The normalized spacial score (nSPS) is 13.8. The van der Waals surface area contributed by atoms with Gasteiger partial charge < -0.3 is 9.55 Å². The largest absolute Gasteiger partial charge is 0.329 e. The Bertz CT molecular complexity index is 775. The lowest BCUT2D eigenvalue weighted by Gasteiger charge is -2.11. The van der Waals surface area contributed by atoms with Crippen LogP contribution in [0.1, 0.15) is 6.92 Å². The molecular formula is C13H18N2O2S3. The second-order valence-electron chi connectivity index (χ2n) is 5.02. The van der Waals surface area contributed by atoms with Gasteiger partial charge in [-0.3, -0.25) is 0 Å². The Morgan fingerprint density at radius 3 is 2.75 bits per heavy atom. The number of H-pyrrole nitrogens is 1. The molecular weight excluding hydrogens is 312 g/mol. The van der Waals surface area contributed by atoms with E-state index in [2.05, 4.69) is 18.2 Å². The van der Waals surface area contributed by atoms with E-state index in [-0.39, 0.29) is 0 Å². The van der Waals surface area contributed by atoms with Gasteiger partial charge in [-0.25, -0.2) is 8.42 Å². The van der Waals surface area contributed by atoms with Crippen molar-refractivity contribution in [3.05, 3.63) is 23.0 Å². The van der Waals surface area contributed by atoms with Crippen LogP contribution in [0.3, 0.4) is 0 Å². The number of imidazole rings is 1. The molecule has 0 aliphatic heterocycles. The monoisotopic (exact) mass is 330 g/mol. The molecule has 4 nitrogen and oxygen atoms in total. The first kappa shape index (κ1) is 15.6. The summed E-state index contributed by atoms with van der Waals surface area (Å²) in [5.41, 5.74) is 1.46. The molecule has 1 unspecified atom stereocenters. The summed E-state index contributed by atoms with van der Waals surface area (Å²) in [7, 11) is -3.27. The minimum atomic E-state index is -3.27. The molecule has 0 aliphatic carbocycles. The number of rotatable bonds is 5. The predicted molar refractivity (Wildman–Crippen MR) is 87.8 cm³/mol. The molecule has 0 bridgehead atoms. The van der Waals surface area contributed by atoms with Crippen LogP contribution in [-0.2, 0) is 16.4 Å². The van der Waals surface area contributed by atoms with E-state index in [0.29, 0.717) is 21.1 Å². The molecule has 0 saturated carbocycles. The molecule has 0 spiro atoms. The highest BCUT2D eigenvalue weighted by Gasteiger charge is 2.16. The van der Waals surface area contributed by atoms with Crippen LogP contribution in [0, 0.1) is 10.7 Å². The SMILES string of the molecule is CSCC(C)Cn1c(=S)[nH]c2c(S(C)(=O)=O)cccc21. The number of hydrogen-bond acceptors (Lipinski definition) is 4. The van der Waals surface area contributed by atoms with Gasteiger partial charge in [0.25, 0.3) is 0 Å². The maximum atomic E-state index is 11.8. The molecule has 1 aromatic carbocycles. The van der Waals surface area contributed by atoms with Gasteiger partial charge in [-0.2, -0.15) is 11.8 Å². The van der Waals surface area contributed by atoms with Crippen LogP contribution in [0.5, 0.6) is 0 Å². The zero-order valence-electron chi connectivity index (χ0n) is 11.7. The zero-order valence-corrected chi connectivity index (χ0v) is 14.2. The maximum Gasteiger partial charge on any atom is 0.178 e. The number of nitrogens with one attached hydrogen (secondary N) is 1. The summed E-state index contributed by atoms with van der Waals surface area (Å²) in [6.45, 7) is 2.95. The van der Waals surface area contributed by atoms with Crippen LogP contribution in [0.15, 0.2) is 23.1 Å². The van der Waals surface area contributed by atoms with Crippen LogP contribution in [0.4, 0.5) is 0 Å². The van der Waals surface area contributed by atoms with E-state index in [9.17, 15) is 8.42 Å². The molecule has 7 heteroatoms. The molecule has 110 valence electrons. The number of aromatic nitrogens is 2. The fourth-order valence-corrected chi connectivity index (χ4v) is 4.09. The molecule has 1 atom stereocenters. The van der Waals surface area contributed by atoms with E-state index >= 15 is 0 Å². The van der Waals surface area contributed by atoms with Crippen LogP contribution >= 0.6 is 24.0 Å². The third kappa shape index (κ3) is 3.10. The first-order valence-corrected chi connectivity index (χ1v) is 9.94. The van der Waals surface area contributed by atoms with Crippen LogP contribution < -0.4 is 0 Å². The van der Waals surface area contributed by atoms with E-state index < -0.39 is 9.84 Å². The van der Waals surface area contributed by atoms with Gasteiger partial charge in [0.2, 0.25) is 0 Å². The Balaban J connectivity index is 2.59. The summed E-state index contributed by atoms with van der Waals surface area (Å²) in [6.07, 6.45) is 3.29. The Morgan fingerprint density at radius 1 is 1.45 bits per heavy atom. The summed E-state index contributed by atoms with van der Waals surface area (Å²) in [5, 5.41) is 0. The lowest BCUT2D eigenvalue weighted by Crippen LogP contribution is -2.09. The number of nitrogens with zero attached hydrogens (tertiary/aromatic N) is 1. The standard InChI is InChI=1S/C13H18N2O2S3/c1-9(8-19-2)7-15-10-5-4-6-11(20(3,16)17)12(10)14-13(15)18/h4-6,9H,7-8H2,1-3H3,(H,14,18). The topological polar surface area (TPSA) is 54.9 Å². The number of thioether (sulfide) groups is 1. The average Bonchev–Trinajstić information content (AvgIpc) is 2.65. The zero-order chi connectivity index (χ0) is 14.9. The van der Waals surface area contributed by atoms with E-state index in [1.165, 1.54) is 6.26 Å². The molecule has 0 saturated heterocycles. The highest BCUT2D eigenvalue weighted by atomic mass is 32.2. The molecule has 0 amide bonds. The van der Waals surface area contributed by atoms with Gasteiger partial charge in [-0.05, 0) is 42.3 Å². The van der Waals surface area contributed by atoms with Crippen LogP contribution in [0.2, 0.25) is 0 Å². The van der Waals surface area contributed by atoms with Crippen LogP contribution in [0.25, 0.3) is 11.0 Å². The van der Waals surface area contributed by atoms with Crippen LogP contribution in [-0.4, -0.2) is 36.2 Å².